The Hall–Kier alpha value is -2.55. The molecule has 4 atom stereocenters. The van der Waals surface area contributed by atoms with E-state index >= 15 is 0 Å². The Labute approximate surface area is 141 Å². The minimum Gasteiger partial charge on any atom is -0.497 e. The van der Waals surface area contributed by atoms with E-state index in [1.807, 2.05) is 31.2 Å². The Morgan fingerprint density at radius 1 is 1.25 bits per heavy atom. The zero-order chi connectivity index (χ0) is 17.6. The van der Waals surface area contributed by atoms with Gasteiger partial charge in [0.2, 0.25) is 11.8 Å². The predicted octanol–water partition coefficient (Wildman–Crippen LogP) is 1.73. The average Bonchev–Trinajstić information content (AvgIpc) is 2.92. The highest BCUT2D eigenvalue weighted by Gasteiger charge is 2.58. The quantitative estimate of drug-likeness (QED) is 0.829. The van der Waals surface area contributed by atoms with Crippen LogP contribution in [-0.4, -0.2) is 47.9 Å². The van der Waals surface area contributed by atoms with E-state index in [1.54, 1.807) is 26.0 Å². The van der Waals surface area contributed by atoms with Gasteiger partial charge in [0, 0.05) is 7.05 Å². The van der Waals surface area contributed by atoms with Crippen LogP contribution in [0.15, 0.2) is 24.3 Å². The van der Waals surface area contributed by atoms with Crippen molar-refractivity contribution < 1.29 is 14.3 Å². The lowest BCUT2D eigenvalue weighted by molar-refractivity contribution is -0.159. The Morgan fingerprint density at radius 3 is 2.42 bits per heavy atom. The maximum Gasteiger partial charge on any atom is 0.246 e. The number of methoxy groups -OCH3 is 1. The van der Waals surface area contributed by atoms with E-state index in [0.29, 0.717) is 12.2 Å². The van der Waals surface area contributed by atoms with Gasteiger partial charge in [0.1, 0.15) is 17.8 Å². The fourth-order valence-corrected chi connectivity index (χ4v) is 3.81. The topological polar surface area (TPSA) is 73.6 Å². The van der Waals surface area contributed by atoms with Crippen molar-refractivity contribution in [3.63, 3.8) is 0 Å². The number of carbonyl (C=O) groups excluding carboxylic acids is 2. The summed E-state index contributed by atoms with van der Waals surface area (Å²) in [5, 5.41) is 9.77. The highest BCUT2D eigenvalue weighted by Crippen LogP contribution is 2.51. The Kier molecular flexibility index (Phi) is 3.75. The first kappa shape index (κ1) is 16.3. The number of carbonyl (C=O) groups is 2. The van der Waals surface area contributed by atoms with Gasteiger partial charge in [-0.3, -0.25) is 9.59 Å². The predicted molar refractivity (Wildman–Crippen MR) is 86.9 cm³/mol. The van der Waals surface area contributed by atoms with Crippen molar-refractivity contribution >= 4 is 11.8 Å². The second-order valence-electron chi connectivity index (χ2n) is 6.80. The molecule has 0 spiro atoms. The van der Waals surface area contributed by atoms with Crippen LogP contribution < -0.4 is 4.74 Å². The second-order valence-corrected chi connectivity index (χ2v) is 6.80. The molecular weight excluding hydrogens is 306 g/mol. The van der Waals surface area contributed by atoms with E-state index in [0.717, 1.165) is 5.56 Å². The SMILES string of the molecule is COc1ccc(C2N3C(=O)C(C)N(C)C(=O)C3CC2(C)C#N)cc1. The maximum absolute atomic E-state index is 12.9. The van der Waals surface area contributed by atoms with Gasteiger partial charge in [0.15, 0.2) is 0 Å². The summed E-state index contributed by atoms with van der Waals surface area (Å²) >= 11 is 0. The van der Waals surface area contributed by atoms with Crippen LogP contribution in [0, 0.1) is 16.7 Å². The molecule has 3 rings (SSSR count). The van der Waals surface area contributed by atoms with Gasteiger partial charge in [-0.15, -0.1) is 0 Å². The lowest BCUT2D eigenvalue weighted by Gasteiger charge is -2.42. The first-order valence-corrected chi connectivity index (χ1v) is 7.98. The molecule has 0 aliphatic carbocycles. The van der Waals surface area contributed by atoms with Crippen LogP contribution in [0.3, 0.4) is 0 Å². The molecule has 6 nitrogen and oxygen atoms in total. The number of hydrogen-bond donors (Lipinski definition) is 0. The monoisotopic (exact) mass is 327 g/mol. The standard InChI is InChI=1S/C18H21N3O3/c1-11-16(22)21-14(17(23)20(11)3)9-18(2,10-19)15(21)12-5-7-13(24-4)8-6-12/h5-8,11,14-15H,9H2,1-4H3. The third-order valence-corrected chi connectivity index (χ3v) is 5.35. The number of piperazine rings is 1. The van der Waals surface area contributed by atoms with Crippen molar-refractivity contribution in [1.82, 2.24) is 9.80 Å². The van der Waals surface area contributed by atoms with Crippen molar-refractivity contribution in [1.29, 1.82) is 5.26 Å². The molecular formula is C18H21N3O3. The molecule has 4 unspecified atom stereocenters. The van der Waals surface area contributed by atoms with Gasteiger partial charge in [0.25, 0.3) is 0 Å². The molecule has 1 aromatic rings. The van der Waals surface area contributed by atoms with Gasteiger partial charge in [-0.05, 0) is 38.0 Å². The molecule has 0 bridgehead atoms. The summed E-state index contributed by atoms with van der Waals surface area (Å²) in [5.41, 5.74) is 0.0374. The molecule has 126 valence electrons. The molecule has 2 aliphatic heterocycles. The van der Waals surface area contributed by atoms with Crippen molar-refractivity contribution in [3.8, 4) is 11.8 Å². The number of hydrogen-bond acceptors (Lipinski definition) is 4. The van der Waals surface area contributed by atoms with E-state index in [1.165, 1.54) is 4.90 Å². The minimum absolute atomic E-state index is 0.0976. The molecule has 6 heteroatoms. The first-order chi connectivity index (χ1) is 11.3. The van der Waals surface area contributed by atoms with Crippen LogP contribution in [0.1, 0.15) is 31.9 Å². The van der Waals surface area contributed by atoms with Gasteiger partial charge in [-0.25, -0.2) is 0 Å². The van der Waals surface area contributed by atoms with E-state index < -0.39 is 23.5 Å². The van der Waals surface area contributed by atoms with Crippen LogP contribution in [0.5, 0.6) is 5.75 Å². The molecule has 0 saturated carbocycles. The molecule has 2 saturated heterocycles. The van der Waals surface area contributed by atoms with Crippen molar-refractivity contribution in [3.05, 3.63) is 29.8 Å². The summed E-state index contributed by atoms with van der Waals surface area (Å²) < 4.78 is 5.18. The van der Waals surface area contributed by atoms with E-state index in [2.05, 4.69) is 6.07 Å². The summed E-state index contributed by atoms with van der Waals surface area (Å²) in [4.78, 5) is 28.6. The Bertz CT molecular complexity index is 724. The molecule has 24 heavy (non-hydrogen) atoms. The summed E-state index contributed by atoms with van der Waals surface area (Å²) in [6, 6.07) is 8.17. The number of fused-ring (bicyclic) bond motifs is 1. The zero-order valence-electron chi connectivity index (χ0n) is 14.3. The van der Waals surface area contributed by atoms with E-state index in [4.69, 9.17) is 4.74 Å². The lowest BCUT2D eigenvalue weighted by atomic mass is 9.79. The van der Waals surface area contributed by atoms with Gasteiger partial charge in [-0.1, -0.05) is 12.1 Å². The first-order valence-electron chi connectivity index (χ1n) is 7.98. The average molecular weight is 327 g/mol. The van der Waals surface area contributed by atoms with Crippen LogP contribution in [0.2, 0.25) is 0 Å². The van der Waals surface area contributed by atoms with E-state index in [9.17, 15) is 14.9 Å². The van der Waals surface area contributed by atoms with E-state index in [-0.39, 0.29) is 11.8 Å². The van der Waals surface area contributed by atoms with Crippen LogP contribution in [0.25, 0.3) is 0 Å². The molecule has 2 amide bonds. The summed E-state index contributed by atoms with van der Waals surface area (Å²) in [6.45, 7) is 3.55. The lowest BCUT2D eigenvalue weighted by Crippen LogP contribution is -2.60. The maximum atomic E-state index is 12.9. The highest BCUT2D eigenvalue weighted by molar-refractivity contribution is 5.97. The third-order valence-electron chi connectivity index (χ3n) is 5.35. The largest absolute Gasteiger partial charge is 0.497 e. The van der Waals surface area contributed by atoms with Gasteiger partial charge in [-0.2, -0.15) is 5.26 Å². The van der Waals surface area contributed by atoms with Crippen LogP contribution >= 0.6 is 0 Å². The molecule has 0 N–H and O–H groups in total. The molecule has 2 aliphatic rings. The van der Waals surface area contributed by atoms with Crippen molar-refractivity contribution in [2.24, 2.45) is 5.41 Å². The number of benzene rings is 1. The third kappa shape index (κ3) is 2.15. The van der Waals surface area contributed by atoms with Gasteiger partial charge < -0.3 is 14.5 Å². The minimum atomic E-state index is -0.810. The van der Waals surface area contributed by atoms with Gasteiger partial charge in [0.05, 0.1) is 24.6 Å². The Balaban J connectivity index is 2.09. The summed E-state index contributed by atoms with van der Waals surface area (Å²) in [6.07, 6.45) is 0.349. The summed E-state index contributed by atoms with van der Waals surface area (Å²) in [5.74, 6) is 0.502. The highest BCUT2D eigenvalue weighted by atomic mass is 16.5. The number of likely N-dealkylation sites (N-methyl/N-ethyl adjacent to an activating group) is 1. The van der Waals surface area contributed by atoms with Crippen LogP contribution in [0.4, 0.5) is 0 Å². The fraction of sp³-hybridized carbons (Fsp3) is 0.500. The van der Waals surface area contributed by atoms with Crippen molar-refractivity contribution in [2.45, 2.75) is 38.4 Å². The Morgan fingerprint density at radius 2 is 1.88 bits per heavy atom. The smallest absolute Gasteiger partial charge is 0.246 e. The zero-order valence-corrected chi connectivity index (χ0v) is 14.3. The molecule has 0 aromatic heterocycles. The molecule has 1 aromatic carbocycles. The van der Waals surface area contributed by atoms with Gasteiger partial charge >= 0.3 is 0 Å². The number of nitrogens with zero attached hydrogens (tertiary/aromatic N) is 3. The van der Waals surface area contributed by atoms with Crippen molar-refractivity contribution in [2.75, 3.05) is 14.2 Å². The second kappa shape index (κ2) is 5.52. The fourth-order valence-electron chi connectivity index (χ4n) is 3.81. The number of amides is 2. The number of ether oxygens (including phenoxy) is 1. The number of nitriles is 1. The molecule has 2 heterocycles. The number of rotatable bonds is 2. The molecule has 2 fully saturated rings. The molecule has 0 radical (unpaired) electrons. The normalized spacial score (nSPS) is 32.5. The summed E-state index contributed by atoms with van der Waals surface area (Å²) in [7, 11) is 3.23. The van der Waals surface area contributed by atoms with Crippen LogP contribution in [-0.2, 0) is 9.59 Å².